The molecule has 0 aliphatic heterocycles. The highest BCUT2D eigenvalue weighted by atomic mass is 32.2. The number of benzene rings is 2. The van der Waals surface area contributed by atoms with Crippen molar-refractivity contribution in [2.45, 2.75) is 4.90 Å². The minimum absolute atomic E-state index is 0.153. The van der Waals surface area contributed by atoms with Crippen molar-refractivity contribution in [3.63, 3.8) is 0 Å². The number of phenols is 1. The molecule has 0 atom stereocenters. The van der Waals surface area contributed by atoms with Crippen molar-refractivity contribution in [1.82, 2.24) is 0 Å². The third kappa shape index (κ3) is 2.14. The summed E-state index contributed by atoms with van der Waals surface area (Å²) >= 11 is 1.28. The first-order chi connectivity index (χ1) is 9.66. The largest absolute Gasteiger partial charge is 0.507 e. The highest BCUT2D eigenvalue weighted by Crippen LogP contribution is 2.41. The summed E-state index contributed by atoms with van der Waals surface area (Å²) in [5.74, 6) is -0.857. The number of fused-ring (bicyclic) bond motifs is 1. The zero-order valence-corrected chi connectivity index (χ0v) is 11.2. The maximum Gasteiger partial charge on any atom is 0.233 e. The van der Waals surface area contributed by atoms with Crippen molar-refractivity contribution in [2.75, 3.05) is 0 Å². The zero-order chi connectivity index (χ0) is 14.1. The van der Waals surface area contributed by atoms with Crippen LogP contribution in [0.3, 0.4) is 0 Å². The van der Waals surface area contributed by atoms with Crippen LogP contribution < -0.4 is 0 Å². The predicted octanol–water partition coefficient (Wildman–Crippen LogP) is 3.29. The van der Waals surface area contributed by atoms with Crippen molar-refractivity contribution >= 4 is 28.2 Å². The molecule has 0 radical (unpaired) electrons. The second kappa shape index (κ2) is 4.98. The normalized spacial score (nSPS) is 13.9. The number of thioether (sulfide) groups is 1. The van der Waals surface area contributed by atoms with Crippen LogP contribution in [0.1, 0.15) is 15.9 Å². The van der Waals surface area contributed by atoms with E-state index in [9.17, 15) is 14.7 Å². The van der Waals surface area contributed by atoms with Gasteiger partial charge in [-0.15, -0.1) is 0 Å². The zero-order valence-electron chi connectivity index (χ0n) is 10.4. The number of Topliss-reactive ketones (excluding diaryl/α,β-unsaturated/α-hetero) is 1. The average molecular weight is 282 g/mol. The Bertz CT molecular complexity index is 747. The van der Waals surface area contributed by atoms with E-state index in [-0.39, 0.29) is 5.75 Å². The Morgan fingerprint density at radius 2 is 1.50 bits per heavy atom. The van der Waals surface area contributed by atoms with Crippen LogP contribution >= 0.6 is 11.8 Å². The van der Waals surface area contributed by atoms with E-state index in [1.807, 2.05) is 12.1 Å². The van der Waals surface area contributed by atoms with Gasteiger partial charge in [0.15, 0.2) is 0 Å². The Hall–Kier alpha value is -2.33. The second-order valence-corrected chi connectivity index (χ2v) is 5.40. The number of carbonyl (C=O) groups excluding carboxylic acids is 2. The molecule has 0 fully saturated rings. The minimum atomic E-state index is -0.526. The molecule has 98 valence electrons. The van der Waals surface area contributed by atoms with Crippen LogP contribution in [0.25, 0.3) is 4.91 Å². The summed E-state index contributed by atoms with van der Waals surface area (Å²) in [6, 6.07) is 13.9. The first kappa shape index (κ1) is 12.7. The fourth-order valence-corrected chi connectivity index (χ4v) is 3.05. The number of carbonyl (C=O) groups is 2. The van der Waals surface area contributed by atoms with Gasteiger partial charge in [-0.05, 0) is 17.7 Å². The third-order valence-electron chi connectivity index (χ3n) is 3.01. The highest BCUT2D eigenvalue weighted by molar-refractivity contribution is 8.08. The first-order valence-electron chi connectivity index (χ1n) is 6.02. The van der Waals surface area contributed by atoms with Crippen LogP contribution in [-0.2, 0) is 4.79 Å². The third-order valence-corrected chi connectivity index (χ3v) is 4.13. The van der Waals surface area contributed by atoms with Gasteiger partial charge >= 0.3 is 0 Å². The van der Waals surface area contributed by atoms with Gasteiger partial charge in [0.25, 0.3) is 0 Å². The van der Waals surface area contributed by atoms with Gasteiger partial charge in [0.2, 0.25) is 11.6 Å². The smallest absolute Gasteiger partial charge is 0.233 e. The Morgan fingerprint density at radius 3 is 2.25 bits per heavy atom. The van der Waals surface area contributed by atoms with Gasteiger partial charge in [-0.2, -0.15) is 0 Å². The summed E-state index contributed by atoms with van der Waals surface area (Å²) in [5, 5.41) is 9.81. The van der Waals surface area contributed by atoms with Crippen LogP contribution in [0.2, 0.25) is 0 Å². The maximum absolute atomic E-state index is 11.8. The van der Waals surface area contributed by atoms with Crippen molar-refractivity contribution in [3.8, 4) is 5.75 Å². The quantitative estimate of drug-likeness (QED) is 0.859. The van der Waals surface area contributed by atoms with E-state index in [4.69, 9.17) is 0 Å². The first-order valence-corrected chi connectivity index (χ1v) is 6.84. The number of rotatable bonds is 2. The Morgan fingerprint density at radius 1 is 0.850 bits per heavy atom. The van der Waals surface area contributed by atoms with E-state index in [1.165, 1.54) is 17.8 Å². The molecule has 0 saturated heterocycles. The molecule has 1 aliphatic carbocycles. The van der Waals surface area contributed by atoms with Gasteiger partial charge in [-0.25, -0.2) is 0 Å². The van der Waals surface area contributed by atoms with Crippen molar-refractivity contribution < 1.29 is 14.7 Å². The number of ketones is 2. The average Bonchev–Trinajstić information content (AvgIpc) is 2.47. The van der Waals surface area contributed by atoms with E-state index < -0.39 is 11.6 Å². The number of para-hydroxylation sites is 1. The maximum atomic E-state index is 11.8. The van der Waals surface area contributed by atoms with Crippen molar-refractivity contribution in [1.29, 1.82) is 0 Å². The molecule has 2 aromatic carbocycles. The standard InChI is InChI=1S/C16H10O3S/c17-12-7-3-4-8-14(12)20-15-9-13(18)16(19)11-6-2-1-5-10(11)15/h1-9,17H. The highest BCUT2D eigenvalue weighted by Gasteiger charge is 2.26. The van der Waals surface area contributed by atoms with Crippen molar-refractivity contribution in [2.24, 2.45) is 0 Å². The molecule has 0 heterocycles. The number of hydrogen-bond acceptors (Lipinski definition) is 4. The van der Waals surface area contributed by atoms with Crippen molar-refractivity contribution in [3.05, 3.63) is 65.7 Å². The number of hydrogen-bond donors (Lipinski definition) is 1. The molecule has 2 aromatic rings. The molecule has 1 N–H and O–H groups in total. The molecular weight excluding hydrogens is 272 g/mol. The summed E-state index contributed by atoms with van der Waals surface area (Å²) in [5.41, 5.74) is 1.14. The number of phenolic OH excluding ortho intramolecular Hbond substituents is 1. The van der Waals surface area contributed by atoms with Crippen LogP contribution in [0.5, 0.6) is 5.75 Å². The Kier molecular flexibility index (Phi) is 3.16. The van der Waals surface area contributed by atoms with Gasteiger partial charge in [0, 0.05) is 16.5 Å². The summed E-state index contributed by atoms with van der Waals surface area (Å²) in [6.45, 7) is 0. The molecule has 3 rings (SSSR count). The Labute approximate surface area is 119 Å². The summed E-state index contributed by atoms with van der Waals surface area (Å²) in [6.07, 6.45) is 1.34. The van der Waals surface area contributed by atoms with E-state index in [0.29, 0.717) is 15.4 Å². The second-order valence-electron chi connectivity index (χ2n) is 4.32. The predicted molar refractivity (Wildman–Crippen MR) is 77.7 cm³/mol. The molecule has 4 heteroatoms. The summed E-state index contributed by atoms with van der Waals surface area (Å²) in [4.78, 5) is 24.9. The molecule has 0 saturated carbocycles. The molecule has 0 aromatic heterocycles. The fourth-order valence-electron chi connectivity index (χ4n) is 2.04. The van der Waals surface area contributed by atoms with Gasteiger partial charge in [0.05, 0.1) is 4.90 Å². The molecule has 0 bridgehead atoms. The molecular formula is C16H10O3S. The molecule has 1 aliphatic rings. The molecule has 0 spiro atoms. The summed E-state index contributed by atoms with van der Waals surface area (Å²) in [7, 11) is 0. The molecule has 0 unspecified atom stereocenters. The number of aromatic hydroxyl groups is 1. The minimum Gasteiger partial charge on any atom is -0.507 e. The monoisotopic (exact) mass is 282 g/mol. The van der Waals surface area contributed by atoms with E-state index in [1.54, 1.807) is 36.4 Å². The van der Waals surface area contributed by atoms with Crippen LogP contribution in [0.15, 0.2) is 59.5 Å². The van der Waals surface area contributed by atoms with Crippen LogP contribution in [-0.4, -0.2) is 16.7 Å². The fraction of sp³-hybridized carbons (Fsp3) is 0. The van der Waals surface area contributed by atoms with Gasteiger partial charge in [0.1, 0.15) is 5.75 Å². The van der Waals surface area contributed by atoms with Gasteiger partial charge in [-0.1, -0.05) is 48.2 Å². The number of allylic oxidation sites excluding steroid dienone is 1. The lowest BCUT2D eigenvalue weighted by molar-refractivity contribution is -0.110. The topological polar surface area (TPSA) is 54.4 Å². The van der Waals surface area contributed by atoms with Gasteiger partial charge < -0.3 is 5.11 Å². The van der Waals surface area contributed by atoms with E-state index in [0.717, 1.165) is 5.56 Å². The molecule has 20 heavy (non-hydrogen) atoms. The van der Waals surface area contributed by atoms with Crippen LogP contribution in [0.4, 0.5) is 0 Å². The van der Waals surface area contributed by atoms with E-state index in [2.05, 4.69) is 0 Å². The van der Waals surface area contributed by atoms with Gasteiger partial charge in [-0.3, -0.25) is 9.59 Å². The van der Waals surface area contributed by atoms with E-state index >= 15 is 0 Å². The lowest BCUT2D eigenvalue weighted by Crippen LogP contribution is -2.17. The van der Waals surface area contributed by atoms with Crippen LogP contribution in [0, 0.1) is 0 Å². The molecule has 0 amide bonds. The lowest BCUT2D eigenvalue weighted by Gasteiger charge is -2.15. The lowest BCUT2D eigenvalue weighted by atomic mass is 9.95. The Balaban J connectivity index is 2.06. The summed E-state index contributed by atoms with van der Waals surface area (Å²) < 4.78 is 0. The molecule has 3 nitrogen and oxygen atoms in total. The SMILES string of the molecule is O=C1C=C(Sc2ccccc2O)c2ccccc2C1=O.